The van der Waals surface area contributed by atoms with Gasteiger partial charge in [-0.1, -0.05) is 12.1 Å². The summed E-state index contributed by atoms with van der Waals surface area (Å²) in [6.45, 7) is 5.25. The van der Waals surface area contributed by atoms with Gasteiger partial charge in [0.05, 0.1) is 4.92 Å². The lowest BCUT2D eigenvalue weighted by Crippen LogP contribution is -2.53. The number of carbonyl (C=O) groups is 1. The number of nitrogens with zero attached hydrogens (tertiary/aromatic N) is 4. The number of nitro groups is 1. The molecule has 1 aromatic heterocycles. The van der Waals surface area contributed by atoms with Gasteiger partial charge in [-0.2, -0.15) is 5.10 Å². The molecule has 9 nitrogen and oxygen atoms in total. The number of benzene rings is 1. The molecule has 26 heavy (non-hydrogen) atoms. The Labute approximate surface area is 149 Å². The standard InChI is InChI=1S/C17H19N5O4/c1-11-9-15(23)16(17(24)20-8-7-18-10-12(20)2)19-21(11)13-5-3-4-6-14(13)22(25)26/h3-6,9,12,18H,7-8,10H2,1-2H3. The molecule has 0 bridgehead atoms. The average Bonchev–Trinajstić information content (AvgIpc) is 2.62. The van der Waals surface area contributed by atoms with Crippen molar-refractivity contribution in [2.75, 3.05) is 19.6 Å². The van der Waals surface area contributed by atoms with Gasteiger partial charge in [-0.25, -0.2) is 4.68 Å². The quantitative estimate of drug-likeness (QED) is 0.645. The molecule has 3 rings (SSSR count). The van der Waals surface area contributed by atoms with E-state index in [1.807, 2.05) is 6.92 Å². The van der Waals surface area contributed by atoms with E-state index in [4.69, 9.17) is 0 Å². The summed E-state index contributed by atoms with van der Waals surface area (Å²) in [7, 11) is 0. The molecule has 1 aliphatic heterocycles. The lowest BCUT2D eigenvalue weighted by molar-refractivity contribution is -0.384. The maximum Gasteiger partial charge on any atom is 0.294 e. The minimum Gasteiger partial charge on any atom is -0.332 e. The van der Waals surface area contributed by atoms with Crippen molar-refractivity contribution in [3.63, 3.8) is 0 Å². The molecule has 1 saturated heterocycles. The molecule has 1 aliphatic rings. The maximum absolute atomic E-state index is 12.8. The van der Waals surface area contributed by atoms with Gasteiger partial charge in [0.1, 0.15) is 5.69 Å². The van der Waals surface area contributed by atoms with E-state index in [0.29, 0.717) is 25.3 Å². The number of rotatable bonds is 3. The van der Waals surface area contributed by atoms with Crippen molar-refractivity contribution in [2.45, 2.75) is 19.9 Å². The van der Waals surface area contributed by atoms with E-state index in [2.05, 4.69) is 10.4 Å². The summed E-state index contributed by atoms with van der Waals surface area (Å²) in [5.41, 5.74) is -0.261. The first-order valence-corrected chi connectivity index (χ1v) is 8.26. The van der Waals surface area contributed by atoms with Gasteiger partial charge in [0.15, 0.2) is 5.69 Å². The Bertz CT molecular complexity index is 924. The highest BCUT2D eigenvalue weighted by Crippen LogP contribution is 2.22. The van der Waals surface area contributed by atoms with Crippen LogP contribution in [0.4, 0.5) is 5.69 Å². The van der Waals surface area contributed by atoms with Gasteiger partial charge >= 0.3 is 0 Å². The van der Waals surface area contributed by atoms with Crippen molar-refractivity contribution < 1.29 is 9.72 Å². The van der Waals surface area contributed by atoms with E-state index in [1.165, 1.54) is 22.9 Å². The molecule has 1 aromatic carbocycles. The first kappa shape index (κ1) is 17.7. The van der Waals surface area contributed by atoms with Crippen molar-refractivity contribution in [1.82, 2.24) is 20.0 Å². The fourth-order valence-electron chi connectivity index (χ4n) is 3.02. The topological polar surface area (TPSA) is 110 Å². The van der Waals surface area contributed by atoms with Gasteiger partial charge in [0, 0.05) is 43.5 Å². The SMILES string of the molecule is Cc1cc(=O)c(C(=O)N2CCNCC2C)nn1-c1ccccc1[N+](=O)[O-]. The number of aryl methyl sites for hydroxylation is 1. The van der Waals surface area contributed by atoms with Crippen LogP contribution in [0.5, 0.6) is 0 Å². The third-order valence-electron chi connectivity index (χ3n) is 4.38. The van der Waals surface area contributed by atoms with Gasteiger partial charge in [-0.05, 0) is 19.9 Å². The highest BCUT2D eigenvalue weighted by molar-refractivity contribution is 5.92. The van der Waals surface area contributed by atoms with Crippen LogP contribution in [0.3, 0.4) is 0 Å². The van der Waals surface area contributed by atoms with Gasteiger partial charge in [0.25, 0.3) is 11.6 Å². The van der Waals surface area contributed by atoms with E-state index in [9.17, 15) is 19.7 Å². The smallest absolute Gasteiger partial charge is 0.294 e. The molecule has 1 fully saturated rings. The molecule has 0 aliphatic carbocycles. The summed E-state index contributed by atoms with van der Waals surface area (Å²) in [5, 5.41) is 18.7. The van der Waals surface area contributed by atoms with Gasteiger partial charge in [0.2, 0.25) is 5.43 Å². The summed E-state index contributed by atoms with van der Waals surface area (Å²) in [5.74, 6) is -0.462. The highest BCUT2D eigenvalue weighted by atomic mass is 16.6. The van der Waals surface area contributed by atoms with Crippen LogP contribution in [0.1, 0.15) is 23.1 Å². The second-order valence-corrected chi connectivity index (χ2v) is 6.21. The fraction of sp³-hybridized carbons (Fsp3) is 0.353. The third kappa shape index (κ3) is 3.21. The number of para-hydroxylation sites is 2. The molecular formula is C17H19N5O4. The Morgan fingerprint density at radius 3 is 2.81 bits per heavy atom. The molecule has 1 N–H and O–H groups in total. The van der Waals surface area contributed by atoms with Crippen LogP contribution in [0.25, 0.3) is 5.69 Å². The number of hydrogen-bond donors (Lipinski definition) is 1. The van der Waals surface area contributed by atoms with Crippen LogP contribution in [-0.4, -0.2) is 51.2 Å². The number of nitro benzene ring substituents is 1. The molecule has 1 amide bonds. The second kappa shape index (κ2) is 7.04. The van der Waals surface area contributed by atoms with Crippen molar-refractivity contribution in [3.05, 3.63) is 62.1 Å². The number of nitrogens with one attached hydrogen (secondary N) is 1. The Balaban J connectivity index is 2.10. The van der Waals surface area contributed by atoms with Crippen molar-refractivity contribution in [3.8, 4) is 5.69 Å². The van der Waals surface area contributed by atoms with Crippen LogP contribution in [0.2, 0.25) is 0 Å². The number of aromatic nitrogens is 2. The summed E-state index contributed by atoms with van der Waals surface area (Å²) >= 11 is 0. The average molecular weight is 357 g/mol. The minimum absolute atomic E-state index is 0.0711. The lowest BCUT2D eigenvalue weighted by atomic mass is 10.2. The summed E-state index contributed by atoms with van der Waals surface area (Å²) in [6.07, 6.45) is 0. The lowest BCUT2D eigenvalue weighted by Gasteiger charge is -2.33. The molecule has 0 spiro atoms. The molecule has 2 heterocycles. The number of piperazine rings is 1. The van der Waals surface area contributed by atoms with E-state index < -0.39 is 16.3 Å². The number of carbonyl (C=O) groups excluding carboxylic acids is 1. The molecule has 0 saturated carbocycles. The van der Waals surface area contributed by atoms with Crippen LogP contribution in [0, 0.1) is 17.0 Å². The largest absolute Gasteiger partial charge is 0.332 e. The Morgan fingerprint density at radius 2 is 2.12 bits per heavy atom. The fourth-order valence-corrected chi connectivity index (χ4v) is 3.02. The zero-order chi connectivity index (χ0) is 18.8. The maximum atomic E-state index is 12.8. The molecule has 0 radical (unpaired) electrons. The first-order valence-electron chi connectivity index (χ1n) is 8.26. The minimum atomic E-state index is -0.519. The van der Waals surface area contributed by atoms with Gasteiger partial charge < -0.3 is 10.2 Å². The van der Waals surface area contributed by atoms with E-state index in [1.54, 1.807) is 24.0 Å². The predicted octanol–water partition coefficient (Wildman–Crippen LogP) is 0.883. The summed E-state index contributed by atoms with van der Waals surface area (Å²) in [4.78, 5) is 37.6. The van der Waals surface area contributed by atoms with E-state index >= 15 is 0 Å². The molecule has 1 atom stereocenters. The molecule has 2 aromatic rings. The zero-order valence-corrected chi connectivity index (χ0v) is 14.5. The summed E-state index contributed by atoms with van der Waals surface area (Å²) < 4.78 is 1.28. The Kier molecular flexibility index (Phi) is 4.81. The zero-order valence-electron chi connectivity index (χ0n) is 14.5. The Morgan fingerprint density at radius 1 is 1.38 bits per heavy atom. The highest BCUT2D eigenvalue weighted by Gasteiger charge is 2.28. The van der Waals surface area contributed by atoms with E-state index in [-0.39, 0.29) is 23.1 Å². The normalized spacial score (nSPS) is 17.2. The summed E-state index contributed by atoms with van der Waals surface area (Å²) in [6, 6.07) is 7.29. The van der Waals surface area contributed by atoms with Crippen molar-refractivity contribution in [2.24, 2.45) is 0 Å². The predicted molar refractivity (Wildman–Crippen MR) is 94.6 cm³/mol. The van der Waals surface area contributed by atoms with Crippen LogP contribution >= 0.6 is 0 Å². The number of hydrogen-bond acceptors (Lipinski definition) is 6. The molecule has 136 valence electrons. The van der Waals surface area contributed by atoms with Crippen molar-refractivity contribution >= 4 is 11.6 Å². The van der Waals surface area contributed by atoms with Crippen molar-refractivity contribution in [1.29, 1.82) is 0 Å². The Hall–Kier alpha value is -3.07. The molecular weight excluding hydrogens is 338 g/mol. The first-order chi connectivity index (χ1) is 12.4. The van der Waals surface area contributed by atoms with E-state index in [0.717, 1.165) is 0 Å². The monoisotopic (exact) mass is 357 g/mol. The second-order valence-electron chi connectivity index (χ2n) is 6.21. The van der Waals surface area contributed by atoms with Crippen LogP contribution in [-0.2, 0) is 0 Å². The third-order valence-corrected chi connectivity index (χ3v) is 4.38. The molecule has 9 heteroatoms. The number of amides is 1. The van der Waals surface area contributed by atoms with Crippen LogP contribution in [0.15, 0.2) is 35.1 Å². The van der Waals surface area contributed by atoms with Gasteiger partial charge in [-0.15, -0.1) is 0 Å². The van der Waals surface area contributed by atoms with Crippen LogP contribution < -0.4 is 10.7 Å². The molecule has 1 unspecified atom stereocenters. The van der Waals surface area contributed by atoms with Gasteiger partial charge in [-0.3, -0.25) is 19.7 Å².